The van der Waals surface area contributed by atoms with Gasteiger partial charge in [0.25, 0.3) is 0 Å². The Morgan fingerprint density at radius 3 is 2.41 bits per heavy atom. The molecule has 7 nitrogen and oxygen atoms in total. The number of halogens is 4. The van der Waals surface area contributed by atoms with Crippen molar-refractivity contribution in [3.05, 3.63) is 41.0 Å². The Hall–Kier alpha value is -2.05. The van der Waals surface area contributed by atoms with E-state index in [1.165, 1.54) is 12.1 Å². The molecule has 2 N–H and O–H groups in total. The number of nitrogens with zero attached hydrogens (tertiary/aromatic N) is 3. The minimum Gasteiger partial charge on any atom is -0.488 e. The van der Waals surface area contributed by atoms with Crippen LogP contribution in [0.4, 0.5) is 13.2 Å². The van der Waals surface area contributed by atoms with Crippen LogP contribution < -0.4 is 15.4 Å². The molecule has 0 saturated heterocycles. The van der Waals surface area contributed by atoms with Crippen molar-refractivity contribution in [3.8, 4) is 5.75 Å². The number of aliphatic imine (C=N–C) groups is 1. The van der Waals surface area contributed by atoms with Crippen molar-refractivity contribution in [3.63, 3.8) is 0 Å². The van der Waals surface area contributed by atoms with Crippen LogP contribution in [0.1, 0.15) is 63.4 Å². The largest absolute Gasteiger partial charge is 0.488 e. The van der Waals surface area contributed by atoms with Crippen molar-refractivity contribution in [2.45, 2.75) is 65.3 Å². The van der Waals surface area contributed by atoms with Crippen molar-refractivity contribution in [1.82, 2.24) is 20.8 Å². The number of benzene rings is 1. The second-order valence-corrected chi connectivity index (χ2v) is 8.33. The lowest BCUT2D eigenvalue weighted by Gasteiger charge is -2.23. The third-order valence-electron chi connectivity index (χ3n) is 4.11. The first-order valence-corrected chi connectivity index (χ1v) is 10.0. The highest BCUT2D eigenvalue weighted by Crippen LogP contribution is 2.35. The number of hydrogen-bond acceptors (Lipinski definition) is 5. The predicted octanol–water partition coefficient (Wildman–Crippen LogP) is 4.91. The second kappa shape index (κ2) is 11.7. The molecule has 1 heterocycles. The summed E-state index contributed by atoms with van der Waals surface area (Å²) in [6.07, 6.45) is -4.04. The van der Waals surface area contributed by atoms with Gasteiger partial charge in [-0.2, -0.15) is 18.2 Å². The van der Waals surface area contributed by atoms with E-state index in [-0.39, 0.29) is 47.8 Å². The summed E-state index contributed by atoms with van der Waals surface area (Å²) in [6, 6.07) is 3.98. The summed E-state index contributed by atoms with van der Waals surface area (Å²) < 4.78 is 51.4. The molecule has 0 radical (unpaired) electrons. The molecule has 0 unspecified atom stereocenters. The molecular formula is C21H31F3IN5O2. The lowest BCUT2D eigenvalue weighted by atomic mass is 10.1. The Morgan fingerprint density at radius 2 is 1.88 bits per heavy atom. The Kier molecular flexibility index (Phi) is 10.2. The zero-order chi connectivity index (χ0) is 23.2. The lowest BCUT2D eigenvalue weighted by molar-refractivity contribution is -0.138. The maximum absolute atomic E-state index is 13.6. The summed E-state index contributed by atoms with van der Waals surface area (Å²) >= 11 is 0. The van der Waals surface area contributed by atoms with Crippen LogP contribution in [0.5, 0.6) is 5.75 Å². The molecule has 0 aliphatic carbocycles. The van der Waals surface area contributed by atoms with Gasteiger partial charge >= 0.3 is 6.18 Å². The number of rotatable bonds is 7. The van der Waals surface area contributed by atoms with Gasteiger partial charge in [0.15, 0.2) is 11.8 Å². The van der Waals surface area contributed by atoms with Crippen LogP contribution in [0, 0.1) is 0 Å². The Balaban J connectivity index is 0.00000512. The van der Waals surface area contributed by atoms with Crippen molar-refractivity contribution in [2.75, 3.05) is 13.6 Å². The van der Waals surface area contributed by atoms with E-state index in [9.17, 15) is 13.2 Å². The van der Waals surface area contributed by atoms with Crippen molar-refractivity contribution >= 4 is 29.9 Å². The van der Waals surface area contributed by atoms with Gasteiger partial charge in [-0.1, -0.05) is 25.1 Å². The Labute approximate surface area is 203 Å². The summed E-state index contributed by atoms with van der Waals surface area (Å²) in [5.74, 6) is 1.83. The average molecular weight is 569 g/mol. The minimum absolute atomic E-state index is 0. The number of hydrogen-bond donors (Lipinski definition) is 2. The first kappa shape index (κ1) is 28.0. The highest BCUT2D eigenvalue weighted by molar-refractivity contribution is 14.0. The van der Waals surface area contributed by atoms with Crippen LogP contribution in [0.2, 0.25) is 0 Å². The van der Waals surface area contributed by atoms with Crippen LogP contribution in [0.15, 0.2) is 27.7 Å². The predicted molar refractivity (Wildman–Crippen MR) is 128 cm³/mol. The minimum atomic E-state index is -4.50. The third-order valence-corrected chi connectivity index (χ3v) is 4.11. The molecule has 0 atom stereocenters. The second-order valence-electron chi connectivity index (χ2n) is 8.33. The fourth-order valence-corrected chi connectivity index (χ4v) is 2.68. The van der Waals surface area contributed by atoms with E-state index in [1.54, 1.807) is 27.8 Å². The zero-order valence-electron chi connectivity index (χ0n) is 19.1. The number of aromatic nitrogens is 2. The molecule has 0 saturated carbocycles. The summed E-state index contributed by atoms with van der Waals surface area (Å²) in [4.78, 5) is 8.33. The fraction of sp³-hybridized carbons (Fsp3) is 0.571. The van der Waals surface area contributed by atoms with Gasteiger partial charge < -0.3 is 19.9 Å². The van der Waals surface area contributed by atoms with Crippen LogP contribution in [0.25, 0.3) is 0 Å². The van der Waals surface area contributed by atoms with Gasteiger partial charge in [-0.25, -0.2) is 0 Å². The van der Waals surface area contributed by atoms with Gasteiger partial charge in [0.1, 0.15) is 11.4 Å². The van der Waals surface area contributed by atoms with E-state index in [4.69, 9.17) is 9.26 Å². The first-order valence-electron chi connectivity index (χ1n) is 10.0. The van der Waals surface area contributed by atoms with Crippen molar-refractivity contribution in [1.29, 1.82) is 0 Å². The molecule has 0 aliphatic heterocycles. The van der Waals surface area contributed by atoms with E-state index in [0.717, 1.165) is 6.07 Å². The Morgan fingerprint density at radius 1 is 1.19 bits per heavy atom. The topological polar surface area (TPSA) is 84.6 Å². The summed E-state index contributed by atoms with van der Waals surface area (Å²) in [5.41, 5.74) is -1.25. The average Bonchev–Trinajstić information content (AvgIpc) is 3.12. The third kappa shape index (κ3) is 8.83. The van der Waals surface area contributed by atoms with E-state index in [0.29, 0.717) is 30.6 Å². The van der Waals surface area contributed by atoms with Crippen LogP contribution >= 0.6 is 24.0 Å². The summed E-state index contributed by atoms with van der Waals surface area (Å²) in [7, 11) is 1.55. The number of alkyl halides is 3. The molecule has 0 aliphatic rings. The molecule has 0 bridgehead atoms. The molecular weight excluding hydrogens is 538 g/mol. The SMILES string of the molecule is CN=C(NCCc1nc(C(C)C)no1)NCc1ccc(OC(C)(C)C)cc1C(F)(F)F.I. The van der Waals surface area contributed by atoms with Gasteiger partial charge in [0.2, 0.25) is 5.89 Å². The molecule has 2 aromatic rings. The molecule has 0 spiro atoms. The van der Waals surface area contributed by atoms with Crippen LogP contribution in [-0.2, 0) is 19.1 Å². The van der Waals surface area contributed by atoms with Gasteiger partial charge in [-0.15, -0.1) is 24.0 Å². The molecule has 1 aromatic heterocycles. The maximum atomic E-state index is 13.6. The summed E-state index contributed by atoms with van der Waals surface area (Å²) in [5, 5.41) is 9.83. The van der Waals surface area contributed by atoms with Crippen LogP contribution in [-0.4, -0.2) is 35.3 Å². The molecule has 11 heteroatoms. The van der Waals surface area contributed by atoms with Crippen molar-refractivity contribution in [2.24, 2.45) is 4.99 Å². The quantitative estimate of drug-likeness (QED) is 0.280. The van der Waals surface area contributed by atoms with Crippen LogP contribution in [0.3, 0.4) is 0 Å². The first-order chi connectivity index (χ1) is 14.4. The molecule has 2 rings (SSSR count). The summed E-state index contributed by atoms with van der Waals surface area (Å²) in [6.45, 7) is 9.66. The smallest absolute Gasteiger partial charge is 0.416 e. The Bertz CT molecular complexity index is 892. The van der Waals surface area contributed by atoms with Gasteiger partial charge in [-0.3, -0.25) is 4.99 Å². The number of guanidine groups is 1. The van der Waals surface area contributed by atoms with E-state index < -0.39 is 17.3 Å². The number of ether oxygens (including phenoxy) is 1. The molecule has 32 heavy (non-hydrogen) atoms. The highest BCUT2D eigenvalue weighted by atomic mass is 127. The normalized spacial score (nSPS) is 12.5. The van der Waals surface area contributed by atoms with E-state index in [1.807, 2.05) is 13.8 Å². The van der Waals surface area contributed by atoms with Crippen molar-refractivity contribution < 1.29 is 22.4 Å². The van der Waals surface area contributed by atoms with Gasteiger partial charge in [-0.05, 0) is 38.5 Å². The highest BCUT2D eigenvalue weighted by Gasteiger charge is 2.34. The monoisotopic (exact) mass is 569 g/mol. The standard InChI is InChI=1S/C21H30F3N5O2.HI/c1-13(2)18-28-17(31-29-18)9-10-26-19(25-6)27-12-14-7-8-15(30-20(3,4)5)11-16(14)21(22,23)24;/h7-8,11,13H,9-10,12H2,1-6H3,(H2,25,26,27);1H. The van der Waals surface area contributed by atoms with Gasteiger partial charge in [0, 0.05) is 32.5 Å². The molecule has 180 valence electrons. The molecule has 0 fully saturated rings. The lowest BCUT2D eigenvalue weighted by Crippen LogP contribution is -2.38. The zero-order valence-corrected chi connectivity index (χ0v) is 21.5. The van der Waals surface area contributed by atoms with Gasteiger partial charge in [0.05, 0.1) is 5.56 Å². The number of nitrogens with one attached hydrogen (secondary N) is 2. The molecule has 0 amide bonds. The van der Waals surface area contributed by atoms with E-state index >= 15 is 0 Å². The molecule has 1 aromatic carbocycles. The maximum Gasteiger partial charge on any atom is 0.416 e. The fourth-order valence-electron chi connectivity index (χ4n) is 2.68. The van der Waals surface area contributed by atoms with E-state index in [2.05, 4.69) is 25.8 Å².